The Balaban J connectivity index is 2.53. The van der Waals surface area contributed by atoms with Gasteiger partial charge < -0.3 is 20.1 Å². The molecule has 0 aliphatic carbocycles. The molecule has 0 saturated heterocycles. The molecular weight excluding hydrogens is 404 g/mol. The Morgan fingerprint density at radius 3 is 2.43 bits per heavy atom. The van der Waals surface area contributed by atoms with Crippen molar-refractivity contribution in [2.75, 3.05) is 27.4 Å². The van der Waals surface area contributed by atoms with Gasteiger partial charge in [0.1, 0.15) is 5.75 Å². The summed E-state index contributed by atoms with van der Waals surface area (Å²) in [5.74, 6) is 0.711. The molecule has 0 saturated carbocycles. The molecule has 1 amide bonds. The number of carbonyl (C=O) groups excluding carboxylic acids is 1. The second-order valence-corrected chi connectivity index (χ2v) is 6.19. The molecule has 1 aromatic carbocycles. The molecule has 0 spiro atoms. The van der Waals surface area contributed by atoms with E-state index in [1.807, 2.05) is 19.1 Å². The predicted octanol–water partition coefficient (Wildman–Crippen LogP) is 2.46. The molecule has 0 radical (unpaired) electrons. The molecule has 7 heteroatoms. The van der Waals surface area contributed by atoms with E-state index < -0.39 is 0 Å². The maximum absolute atomic E-state index is 11.8. The fourth-order valence-electron chi connectivity index (χ4n) is 1.70. The number of amides is 1. The average molecular weight is 424 g/mol. The molecule has 0 aliphatic rings. The summed E-state index contributed by atoms with van der Waals surface area (Å²) in [5, 5.41) is 5.98. The zero-order valence-electron chi connectivity index (χ0n) is 12.3. The van der Waals surface area contributed by atoms with Gasteiger partial charge in [0.15, 0.2) is 0 Å². The van der Waals surface area contributed by atoms with Gasteiger partial charge in [-0.05, 0) is 56.5 Å². The Kier molecular flexibility index (Phi) is 8.24. The lowest BCUT2D eigenvalue weighted by molar-refractivity contribution is -0.122. The maximum atomic E-state index is 11.8. The highest BCUT2D eigenvalue weighted by Gasteiger charge is 2.13. The lowest BCUT2D eigenvalue weighted by Crippen LogP contribution is -2.42. The molecule has 118 valence electrons. The molecule has 2 N–H and O–H groups in total. The van der Waals surface area contributed by atoms with Crippen molar-refractivity contribution < 1.29 is 14.3 Å². The Morgan fingerprint density at radius 2 is 1.90 bits per heavy atom. The van der Waals surface area contributed by atoms with E-state index in [0.717, 1.165) is 20.3 Å². The second-order valence-electron chi connectivity index (χ2n) is 4.48. The van der Waals surface area contributed by atoms with Crippen LogP contribution < -0.4 is 15.4 Å². The number of nitrogens with one attached hydrogen (secondary N) is 2. The van der Waals surface area contributed by atoms with Gasteiger partial charge in [-0.3, -0.25) is 4.79 Å². The van der Waals surface area contributed by atoms with Crippen LogP contribution in [0.3, 0.4) is 0 Å². The van der Waals surface area contributed by atoms with Gasteiger partial charge in [0.2, 0.25) is 5.91 Å². The first-order chi connectivity index (χ1) is 9.99. The molecule has 1 atom stereocenters. The third-order valence-corrected chi connectivity index (χ3v) is 4.05. The van der Waals surface area contributed by atoms with E-state index >= 15 is 0 Å². The van der Waals surface area contributed by atoms with Gasteiger partial charge in [-0.1, -0.05) is 0 Å². The standard InChI is InChI=1S/C14H20Br2N2O3/c1-9(14(19)17-4-5-20-2)18-8-10-6-11(15)13(21-3)12(16)7-10/h6-7,9,18H,4-5,8H2,1-3H3,(H,17,19). The van der Waals surface area contributed by atoms with E-state index in [4.69, 9.17) is 9.47 Å². The van der Waals surface area contributed by atoms with Crippen LogP contribution in [0, 0.1) is 0 Å². The quantitative estimate of drug-likeness (QED) is 0.630. The van der Waals surface area contributed by atoms with Crippen molar-refractivity contribution in [1.29, 1.82) is 0 Å². The van der Waals surface area contributed by atoms with Gasteiger partial charge in [-0.2, -0.15) is 0 Å². The Labute approximate surface area is 142 Å². The summed E-state index contributed by atoms with van der Waals surface area (Å²) in [6.45, 7) is 3.44. The zero-order valence-corrected chi connectivity index (χ0v) is 15.5. The first-order valence-electron chi connectivity index (χ1n) is 6.51. The maximum Gasteiger partial charge on any atom is 0.236 e. The van der Waals surface area contributed by atoms with Gasteiger partial charge >= 0.3 is 0 Å². The summed E-state index contributed by atoms with van der Waals surface area (Å²) < 4.78 is 11.9. The minimum atomic E-state index is -0.276. The molecule has 0 fully saturated rings. The van der Waals surface area contributed by atoms with Crippen LogP contribution >= 0.6 is 31.9 Å². The van der Waals surface area contributed by atoms with E-state index in [1.165, 1.54) is 0 Å². The minimum absolute atomic E-state index is 0.0429. The number of carbonyl (C=O) groups is 1. The van der Waals surface area contributed by atoms with Crippen molar-refractivity contribution in [3.63, 3.8) is 0 Å². The van der Waals surface area contributed by atoms with Gasteiger partial charge in [-0.25, -0.2) is 0 Å². The minimum Gasteiger partial charge on any atom is -0.494 e. The summed E-state index contributed by atoms with van der Waals surface area (Å²) in [6.07, 6.45) is 0. The van der Waals surface area contributed by atoms with E-state index in [2.05, 4.69) is 42.5 Å². The van der Waals surface area contributed by atoms with Crippen molar-refractivity contribution in [3.8, 4) is 5.75 Å². The fraction of sp³-hybridized carbons (Fsp3) is 0.500. The molecule has 5 nitrogen and oxygen atoms in total. The van der Waals surface area contributed by atoms with Crippen molar-refractivity contribution in [2.24, 2.45) is 0 Å². The second kappa shape index (κ2) is 9.40. The first kappa shape index (κ1) is 18.4. The molecular formula is C14H20Br2N2O3. The van der Waals surface area contributed by atoms with E-state index in [-0.39, 0.29) is 11.9 Å². The van der Waals surface area contributed by atoms with Crippen molar-refractivity contribution in [1.82, 2.24) is 10.6 Å². The third-order valence-electron chi connectivity index (χ3n) is 2.87. The monoisotopic (exact) mass is 422 g/mol. The number of hydrogen-bond acceptors (Lipinski definition) is 4. The largest absolute Gasteiger partial charge is 0.494 e. The average Bonchev–Trinajstić information content (AvgIpc) is 2.44. The predicted molar refractivity (Wildman–Crippen MR) is 89.6 cm³/mol. The molecule has 21 heavy (non-hydrogen) atoms. The van der Waals surface area contributed by atoms with Gasteiger partial charge in [0.05, 0.1) is 28.7 Å². The number of ether oxygens (including phenoxy) is 2. The zero-order chi connectivity index (χ0) is 15.8. The lowest BCUT2D eigenvalue weighted by Gasteiger charge is -2.15. The Bertz CT molecular complexity index is 460. The smallest absolute Gasteiger partial charge is 0.236 e. The van der Waals surface area contributed by atoms with Gasteiger partial charge in [0.25, 0.3) is 0 Å². The Morgan fingerprint density at radius 1 is 1.29 bits per heavy atom. The van der Waals surface area contributed by atoms with Crippen LogP contribution in [0.15, 0.2) is 21.1 Å². The summed E-state index contributed by atoms with van der Waals surface area (Å²) >= 11 is 6.92. The SMILES string of the molecule is COCCNC(=O)C(C)NCc1cc(Br)c(OC)c(Br)c1. The van der Waals surface area contributed by atoms with Crippen molar-refractivity contribution in [2.45, 2.75) is 19.5 Å². The molecule has 1 unspecified atom stereocenters. The topological polar surface area (TPSA) is 59.6 Å². The molecule has 0 bridgehead atoms. The number of hydrogen-bond donors (Lipinski definition) is 2. The van der Waals surface area contributed by atoms with Crippen LogP contribution in [0.1, 0.15) is 12.5 Å². The highest BCUT2D eigenvalue weighted by Crippen LogP contribution is 2.34. The first-order valence-corrected chi connectivity index (χ1v) is 8.10. The number of benzene rings is 1. The Hall–Kier alpha value is -0.630. The number of halogens is 2. The third kappa shape index (κ3) is 5.94. The normalized spacial score (nSPS) is 12.0. The lowest BCUT2D eigenvalue weighted by atomic mass is 10.2. The molecule has 1 rings (SSSR count). The molecule has 1 aromatic rings. The van der Waals surface area contributed by atoms with Gasteiger partial charge in [0, 0.05) is 20.2 Å². The molecule has 0 aromatic heterocycles. The van der Waals surface area contributed by atoms with Crippen LogP contribution in [-0.2, 0) is 16.1 Å². The summed E-state index contributed by atoms with van der Waals surface area (Å²) in [6, 6.07) is 3.65. The fourth-order valence-corrected chi connectivity index (χ4v) is 3.31. The number of methoxy groups -OCH3 is 2. The van der Waals surface area contributed by atoms with Crippen molar-refractivity contribution >= 4 is 37.8 Å². The molecule has 0 aliphatic heterocycles. The van der Waals surface area contributed by atoms with Crippen LogP contribution in [0.4, 0.5) is 0 Å². The van der Waals surface area contributed by atoms with Crippen LogP contribution in [-0.4, -0.2) is 39.3 Å². The summed E-state index contributed by atoms with van der Waals surface area (Å²) in [7, 11) is 3.22. The number of rotatable bonds is 8. The molecule has 0 heterocycles. The van der Waals surface area contributed by atoms with Crippen LogP contribution in [0.5, 0.6) is 5.75 Å². The highest BCUT2D eigenvalue weighted by atomic mass is 79.9. The van der Waals surface area contributed by atoms with E-state index in [0.29, 0.717) is 19.7 Å². The van der Waals surface area contributed by atoms with E-state index in [1.54, 1.807) is 14.2 Å². The van der Waals surface area contributed by atoms with E-state index in [9.17, 15) is 4.79 Å². The van der Waals surface area contributed by atoms with Crippen molar-refractivity contribution in [3.05, 3.63) is 26.6 Å². The van der Waals surface area contributed by atoms with Gasteiger partial charge in [-0.15, -0.1) is 0 Å². The van der Waals surface area contributed by atoms with Crippen LogP contribution in [0.2, 0.25) is 0 Å². The summed E-state index contributed by atoms with van der Waals surface area (Å²) in [4.78, 5) is 11.8. The highest BCUT2D eigenvalue weighted by molar-refractivity contribution is 9.11. The summed E-state index contributed by atoms with van der Waals surface area (Å²) in [5.41, 5.74) is 1.05. The van der Waals surface area contributed by atoms with Crippen LogP contribution in [0.25, 0.3) is 0 Å².